The van der Waals surface area contributed by atoms with E-state index in [-0.39, 0.29) is 6.61 Å². The zero-order valence-corrected chi connectivity index (χ0v) is 19.0. The van der Waals surface area contributed by atoms with Gasteiger partial charge in [0, 0.05) is 12.2 Å². The molecule has 29 heavy (non-hydrogen) atoms. The van der Waals surface area contributed by atoms with Gasteiger partial charge in [-0.15, -0.1) is 0 Å². The van der Waals surface area contributed by atoms with Crippen LogP contribution in [0.1, 0.15) is 11.1 Å². The van der Waals surface area contributed by atoms with Crippen LogP contribution in [-0.2, 0) is 13.2 Å². The molecule has 0 amide bonds. The molecular formula is C21H16Cl5NO2. The predicted octanol–water partition coefficient (Wildman–Crippen LogP) is 8.15. The summed E-state index contributed by atoms with van der Waals surface area (Å²) in [6.45, 7) is 0.787. The molecule has 0 saturated carbocycles. The van der Waals surface area contributed by atoms with E-state index in [0.717, 1.165) is 16.8 Å². The Morgan fingerprint density at radius 2 is 1.38 bits per heavy atom. The average Bonchev–Trinajstić information content (AvgIpc) is 2.70. The van der Waals surface area contributed by atoms with Crippen molar-refractivity contribution < 1.29 is 9.47 Å². The third-order valence-corrected chi connectivity index (χ3v) is 5.83. The molecule has 0 bridgehead atoms. The summed E-state index contributed by atoms with van der Waals surface area (Å²) in [7, 11) is 1.56. The van der Waals surface area contributed by atoms with E-state index in [1.54, 1.807) is 31.4 Å². The smallest absolute Gasteiger partial charge is 0.180 e. The highest BCUT2D eigenvalue weighted by Crippen LogP contribution is 2.37. The summed E-state index contributed by atoms with van der Waals surface area (Å²) in [5, 5.41) is 5.66. The number of benzene rings is 3. The summed E-state index contributed by atoms with van der Waals surface area (Å²) in [4.78, 5) is 0. The third kappa shape index (κ3) is 5.78. The number of rotatable bonds is 7. The van der Waals surface area contributed by atoms with Crippen LogP contribution < -0.4 is 14.8 Å². The Morgan fingerprint density at radius 3 is 2.03 bits per heavy atom. The second-order valence-electron chi connectivity index (χ2n) is 6.13. The molecule has 1 N–H and O–H groups in total. The van der Waals surface area contributed by atoms with Crippen LogP contribution in [0.5, 0.6) is 11.5 Å². The van der Waals surface area contributed by atoms with Crippen molar-refractivity contribution in [3.8, 4) is 11.5 Å². The van der Waals surface area contributed by atoms with E-state index >= 15 is 0 Å². The first-order chi connectivity index (χ1) is 13.9. The molecule has 0 radical (unpaired) electrons. The van der Waals surface area contributed by atoms with Gasteiger partial charge in [0.15, 0.2) is 11.5 Å². The van der Waals surface area contributed by atoms with Gasteiger partial charge in [-0.25, -0.2) is 0 Å². The highest BCUT2D eigenvalue weighted by Gasteiger charge is 2.13. The fraction of sp³-hybridized carbons (Fsp3) is 0.143. The topological polar surface area (TPSA) is 30.5 Å². The summed E-state index contributed by atoms with van der Waals surface area (Å²) >= 11 is 30.4. The molecular weight excluding hydrogens is 476 g/mol. The Bertz CT molecular complexity index is 1030. The van der Waals surface area contributed by atoms with Crippen molar-refractivity contribution in [3.63, 3.8) is 0 Å². The van der Waals surface area contributed by atoms with Crippen LogP contribution in [0, 0.1) is 0 Å². The average molecular weight is 492 g/mol. The lowest BCUT2D eigenvalue weighted by Gasteiger charge is -2.15. The standard InChI is InChI=1S/C21H16Cl5NO2/c1-28-20-8-13(10-27-14-3-5-16(23)18(25)9-14)7-19(26)21(20)29-11-12-2-4-15(22)17(24)6-12/h2-9,27H,10-11H2,1H3. The molecule has 0 spiro atoms. The molecule has 0 unspecified atom stereocenters. The number of methoxy groups -OCH3 is 1. The Kier molecular flexibility index (Phi) is 7.66. The van der Waals surface area contributed by atoms with Gasteiger partial charge in [0.05, 0.1) is 32.2 Å². The first kappa shape index (κ1) is 22.2. The number of halogens is 5. The summed E-state index contributed by atoms with van der Waals surface area (Å²) < 4.78 is 11.3. The molecule has 3 nitrogen and oxygen atoms in total. The molecule has 0 saturated heterocycles. The number of nitrogens with one attached hydrogen (secondary N) is 1. The van der Waals surface area contributed by atoms with Crippen LogP contribution in [0.2, 0.25) is 25.1 Å². The van der Waals surface area contributed by atoms with Crippen molar-refractivity contribution in [2.75, 3.05) is 12.4 Å². The van der Waals surface area contributed by atoms with Crippen molar-refractivity contribution in [1.82, 2.24) is 0 Å². The lowest BCUT2D eigenvalue weighted by molar-refractivity contribution is 0.284. The van der Waals surface area contributed by atoms with Gasteiger partial charge in [-0.1, -0.05) is 64.1 Å². The maximum Gasteiger partial charge on any atom is 0.180 e. The second-order valence-corrected chi connectivity index (χ2v) is 8.16. The first-order valence-electron chi connectivity index (χ1n) is 8.49. The number of anilines is 1. The molecule has 3 rings (SSSR count). The summed E-state index contributed by atoms with van der Waals surface area (Å²) in [5.41, 5.74) is 2.62. The van der Waals surface area contributed by atoms with Gasteiger partial charge >= 0.3 is 0 Å². The lowest BCUT2D eigenvalue weighted by atomic mass is 10.2. The van der Waals surface area contributed by atoms with E-state index < -0.39 is 0 Å². The van der Waals surface area contributed by atoms with Crippen LogP contribution in [0.3, 0.4) is 0 Å². The molecule has 0 aliphatic rings. The number of hydrogen-bond donors (Lipinski definition) is 1. The van der Waals surface area contributed by atoms with Gasteiger partial charge in [-0.05, 0) is 53.6 Å². The van der Waals surface area contributed by atoms with Gasteiger partial charge in [-0.3, -0.25) is 0 Å². The van der Waals surface area contributed by atoms with Crippen molar-refractivity contribution in [2.24, 2.45) is 0 Å². The van der Waals surface area contributed by atoms with Crippen LogP contribution >= 0.6 is 58.0 Å². The molecule has 0 aliphatic carbocycles. The van der Waals surface area contributed by atoms with Crippen LogP contribution in [0.4, 0.5) is 5.69 Å². The van der Waals surface area contributed by atoms with Crippen LogP contribution in [0.15, 0.2) is 48.5 Å². The van der Waals surface area contributed by atoms with E-state index in [1.807, 2.05) is 24.3 Å². The minimum absolute atomic E-state index is 0.272. The molecule has 8 heteroatoms. The predicted molar refractivity (Wildman–Crippen MR) is 123 cm³/mol. The molecule has 0 atom stereocenters. The van der Waals surface area contributed by atoms with Gasteiger partial charge < -0.3 is 14.8 Å². The molecule has 0 aliphatic heterocycles. The van der Waals surface area contributed by atoms with E-state index in [0.29, 0.717) is 43.2 Å². The Morgan fingerprint density at radius 1 is 0.724 bits per heavy atom. The molecule has 0 aromatic heterocycles. The van der Waals surface area contributed by atoms with Crippen molar-refractivity contribution >= 4 is 63.7 Å². The Balaban J connectivity index is 1.72. The minimum Gasteiger partial charge on any atom is -0.493 e. The molecule has 3 aromatic carbocycles. The van der Waals surface area contributed by atoms with Gasteiger partial charge in [0.1, 0.15) is 6.61 Å². The Labute approximate surface area is 194 Å². The fourth-order valence-electron chi connectivity index (χ4n) is 2.61. The normalized spacial score (nSPS) is 10.7. The lowest BCUT2D eigenvalue weighted by Crippen LogP contribution is -2.03. The molecule has 0 heterocycles. The molecule has 152 valence electrons. The highest BCUT2D eigenvalue weighted by molar-refractivity contribution is 6.42. The van der Waals surface area contributed by atoms with E-state index in [4.69, 9.17) is 67.5 Å². The highest BCUT2D eigenvalue weighted by atomic mass is 35.5. The van der Waals surface area contributed by atoms with Crippen molar-refractivity contribution in [3.05, 3.63) is 84.8 Å². The van der Waals surface area contributed by atoms with Gasteiger partial charge in [-0.2, -0.15) is 0 Å². The Hall–Kier alpha value is -1.49. The SMILES string of the molecule is COc1cc(CNc2ccc(Cl)c(Cl)c2)cc(Cl)c1OCc1ccc(Cl)c(Cl)c1. The molecule has 3 aromatic rings. The third-order valence-electron chi connectivity index (χ3n) is 4.07. The monoisotopic (exact) mass is 489 g/mol. The maximum absolute atomic E-state index is 6.45. The summed E-state index contributed by atoms with van der Waals surface area (Å²) in [6, 6.07) is 14.3. The van der Waals surface area contributed by atoms with Gasteiger partial charge in [0.25, 0.3) is 0 Å². The number of hydrogen-bond acceptors (Lipinski definition) is 3. The van der Waals surface area contributed by atoms with E-state index in [2.05, 4.69) is 5.32 Å². The quantitative estimate of drug-likeness (QED) is 0.362. The fourth-order valence-corrected chi connectivity index (χ4v) is 3.52. The largest absolute Gasteiger partial charge is 0.493 e. The zero-order chi connectivity index (χ0) is 21.0. The number of ether oxygens (including phenoxy) is 2. The maximum atomic E-state index is 6.45. The first-order valence-corrected chi connectivity index (χ1v) is 10.4. The van der Waals surface area contributed by atoms with Crippen LogP contribution in [-0.4, -0.2) is 7.11 Å². The minimum atomic E-state index is 0.272. The second kappa shape index (κ2) is 10.0. The van der Waals surface area contributed by atoms with Crippen LogP contribution in [0.25, 0.3) is 0 Å². The van der Waals surface area contributed by atoms with Crippen molar-refractivity contribution in [2.45, 2.75) is 13.2 Å². The van der Waals surface area contributed by atoms with E-state index in [9.17, 15) is 0 Å². The molecule has 0 fully saturated rings. The van der Waals surface area contributed by atoms with E-state index in [1.165, 1.54) is 0 Å². The van der Waals surface area contributed by atoms with Gasteiger partial charge in [0.2, 0.25) is 0 Å². The zero-order valence-electron chi connectivity index (χ0n) is 15.2. The summed E-state index contributed by atoms with van der Waals surface area (Å²) in [5.74, 6) is 0.988. The van der Waals surface area contributed by atoms with Crippen molar-refractivity contribution in [1.29, 1.82) is 0 Å². The summed E-state index contributed by atoms with van der Waals surface area (Å²) in [6.07, 6.45) is 0.